The zero-order valence-corrected chi connectivity index (χ0v) is 10.4. The van der Waals surface area contributed by atoms with Crippen molar-refractivity contribution in [2.24, 2.45) is 0 Å². The van der Waals surface area contributed by atoms with E-state index in [1.165, 1.54) is 4.68 Å². The number of nitrogens with one attached hydrogen (secondary N) is 1. The fourth-order valence-electron chi connectivity index (χ4n) is 1.78. The van der Waals surface area contributed by atoms with Gasteiger partial charge >= 0.3 is 5.97 Å². The molecule has 0 aliphatic heterocycles. The van der Waals surface area contributed by atoms with Gasteiger partial charge in [0, 0.05) is 6.54 Å². The maximum absolute atomic E-state index is 11.7. The molecule has 0 aromatic carbocycles. The fourth-order valence-corrected chi connectivity index (χ4v) is 1.78. The van der Waals surface area contributed by atoms with Crippen LogP contribution >= 0.6 is 0 Å². The molecule has 1 atom stereocenters. The first-order chi connectivity index (χ1) is 7.90. The van der Waals surface area contributed by atoms with Crippen molar-refractivity contribution in [1.29, 1.82) is 0 Å². The maximum Gasteiger partial charge on any atom is 0.339 e. The summed E-state index contributed by atoms with van der Waals surface area (Å²) in [6.45, 7) is 7.33. The Labute approximate surface area is 99.6 Å². The van der Waals surface area contributed by atoms with E-state index >= 15 is 0 Å². The van der Waals surface area contributed by atoms with Gasteiger partial charge in [-0.15, -0.1) is 0 Å². The molecule has 1 heterocycles. The lowest BCUT2D eigenvalue weighted by atomic mass is 10.2. The Bertz CT molecular complexity index is 451. The fraction of sp³-hybridized carbons (Fsp3) is 0.545. The molecule has 2 N–H and O–H groups in total. The van der Waals surface area contributed by atoms with Crippen LogP contribution in [0, 0.1) is 13.8 Å². The molecule has 1 unspecified atom stereocenters. The molecule has 1 aromatic heterocycles. The molecule has 0 aliphatic rings. The average Bonchev–Trinajstić information content (AvgIpc) is 2.53. The zero-order valence-electron chi connectivity index (χ0n) is 10.4. The molecule has 6 nitrogen and oxygen atoms in total. The van der Waals surface area contributed by atoms with Crippen LogP contribution in [0.5, 0.6) is 0 Å². The molecular weight excluding hydrogens is 222 g/mol. The Hall–Kier alpha value is -1.85. The first kappa shape index (κ1) is 13.2. The van der Waals surface area contributed by atoms with E-state index in [-0.39, 0.29) is 11.5 Å². The van der Waals surface area contributed by atoms with E-state index in [0.717, 1.165) is 0 Å². The summed E-state index contributed by atoms with van der Waals surface area (Å²) in [7, 11) is 0. The summed E-state index contributed by atoms with van der Waals surface area (Å²) in [5.74, 6) is -1.19. The highest BCUT2D eigenvalue weighted by Crippen LogP contribution is 2.17. The van der Waals surface area contributed by atoms with Crippen molar-refractivity contribution in [2.75, 3.05) is 6.54 Å². The Morgan fingerprint density at radius 1 is 1.47 bits per heavy atom. The number of aromatic carboxylic acids is 1. The third-order valence-corrected chi connectivity index (χ3v) is 2.64. The maximum atomic E-state index is 11.7. The summed E-state index contributed by atoms with van der Waals surface area (Å²) in [6, 6.07) is -0.512. The molecule has 0 spiro atoms. The third kappa shape index (κ3) is 2.46. The molecule has 1 amide bonds. The molecule has 0 aliphatic carbocycles. The normalized spacial score (nSPS) is 12.2. The summed E-state index contributed by atoms with van der Waals surface area (Å²) in [4.78, 5) is 22.7. The Morgan fingerprint density at radius 2 is 2.06 bits per heavy atom. The summed E-state index contributed by atoms with van der Waals surface area (Å²) in [5.41, 5.74) is 1.08. The SMILES string of the molecule is CCNC(=O)C(C)n1nc(C)c(C(=O)O)c1C. The summed E-state index contributed by atoms with van der Waals surface area (Å²) < 4.78 is 1.45. The highest BCUT2D eigenvalue weighted by Gasteiger charge is 2.23. The monoisotopic (exact) mass is 239 g/mol. The largest absolute Gasteiger partial charge is 0.478 e. The van der Waals surface area contributed by atoms with E-state index < -0.39 is 12.0 Å². The van der Waals surface area contributed by atoms with Crippen molar-refractivity contribution in [2.45, 2.75) is 33.7 Å². The molecule has 17 heavy (non-hydrogen) atoms. The second-order valence-electron chi connectivity index (χ2n) is 3.87. The molecular formula is C11H17N3O3. The lowest BCUT2D eigenvalue weighted by Crippen LogP contribution is -2.31. The van der Waals surface area contributed by atoms with Crippen LogP contribution in [0.1, 0.15) is 41.6 Å². The van der Waals surface area contributed by atoms with Crippen molar-refractivity contribution in [3.05, 3.63) is 17.0 Å². The molecule has 6 heteroatoms. The summed E-state index contributed by atoms with van der Waals surface area (Å²) in [5, 5.41) is 15.8. The third-order valence-electron chi connectivity index (χ3n) is 2.64. The molecule has 0 radical (unpaired) electrons. The van der Waals surface area contributed by atoms with Crippen LogP contribution in [0.4, 0.5) is 0 Å². The van der Waals surface area contributed by atoms with E-state index in [4.69, 9.17) is 5.11 Å². The first-order valence-electron chi connectivity index (χ1n) is 5.46. The zero-order chi connectivity index (χ0) is 13.2. The standard InChI is InChI=1S/C11H17N3O3/c1-5-12-10(15)8(4)14-7(3)9(11(16)17)6(2)13-14/h8H,5H2,1-4H3,(H,12,15)(H,16,17). The van der Waals surface area contributed by atoms with Crippen molar-refractivity contribution >= 4 is 11.9 Å². The number of rotatable bonds is 4. The number of carbonyl (C=O) groups is 2. The molecule has 0 saturated carbocycles. The van der Waals surface area contributed by atoms with E-state index in [0.29, 0.717) is 17.9 Å². The number of aromatic nitrogens is 2. The quantitative estimate of drug-likeness (QED) is 0.817. The number of aryl methyl sites for hydroxylation is 1. The van der Waals surface area contributed by atoms with Crippen LogP contribution in [-0.4, -0.2) is 33.3 Å². The topological polar surface area (TPSA) is 84.2 Å². The van der Waals surface area contributed by atoms with E-state index in [1.54, 1.807) is 20.8 Å². The van der Waals surface area contributed by atoms with Gasteiger partial charge in [-0.1, -0.05) is 0 Å². The van der Waals surface area contributed by atoms with Crippen LogP contribution in [0.2, 0.25) is 0 Å². The number of carbonyl (C=O) groups excluding carboxylic acids is 1. The van der Waals surface area contributed by atoms with Crippen LogP contribution in [0.3, 0.4) is 0 Å². The number of likely N-dealkylation sites (N-methyl/N-ethyl adjacent to an activating group) is 1. The van der Waals surface area contributed by atoms with Crippen molar-refractivity contribution in [3.63, 3.8) is 0 Å². The molecule has 94 valence electrons. The predicted molar refractivity (Wildman–Crippen MR) is 62.1 cm³/mol. The number of carboxylic acid groups (broad SMARTS) is 1. The number of amides is 1. The predicted octanol–water partition coefficient (Wildman–Crippen LogP) is 0.895. The molecule has 0 saturated heterocycles. The van der Waals surface area contributed by atoms with Gasteiger partial charge in [0.05, 0.1) is 11.4 Å². The second-order valence-corrected chi connectivity index (χ2v) is 3.87. The summed E-state index contributed by atoms with van der Waals surface area (Å²) in [6.07, 6.45) is 0. The highest BCUT2D eigenvalue weighted by atomic mass is 16.4. The van der Waals surface area contributed by atoms with Gasteiger partial charge in [-0.05, 0) is 27.7 Å². The summed E-state index contributed by atoms with van der Waals surface area (Å²) >= 11 is 0. The van der Waals surface area contributed by atoms with E-state index in [2.05, 4.69) is 10.4 Å². The van der Waals surface area contributed by atoms with Gasteiger partial charge in [0.2, 0.25) is 5.91 Å². The van der Waals surface area contributed by atoms with Gasteiger partial charge in [-0.25, -0.2) is 4.79 Å². The molecule has 0 bridgehead atoms. The van der Waals surface area contributed by atoms with E-state index in [9.17, 15) is 9.59 Å². The minimum absolute atomic E-state index is 0.168. The van der Waals surface area contributed by atoms with Crippen LogP contribution in [0.15, 0.2) is 0 Å². The van der Waals surface area contributed by atoms with Gasteiger partial charge in [0.25, 0.3) is 0 Å². The van der Waals surface area contributed by atoms with Crippen molar-refractivity contribution in [3.8, 4) is 0 Å². The first-order valence-corrected chi connectivity index (χ1v) is 5.46. The van der Waals surface area contributed by atoms with Gasteiger partial charge in [0.1, 0.15) is 11.6 Å². The smallest absolute Gasteiger partial charge is 0.339 e. The number of carboxylic acids is 1. The Morgan fingerprint density at radius 3 is 2.47 bits per heavy atom. The van der Waals surface area contributed by atoms with Gasteiger partial charge < -0.3 is 10.4 Å². The highest BCUT2D eigenvalue weighted by molar-refractivity contribution is 5.90. The van der Waals surface area contributed by atoms with E-state index in [1.807, 2.05) is 6.92 Å². The van der Waals surface area contributed by atoms with Gasteiger partial charge in [-0.3, -0.25) is 9.48 Å². The minimum atomic E-state index is -1.02. The number of hydrogen-bond donors (Lipinski definition) is 2. The van der Waals surface area contributed by atoms with Crippen LogP contribution < -0.4 is 5.32 Å². The second kappa shape index (κ2) is 4.99. The van der Waals surface area contributed by atoms with Gasteiger partial charge in [-0.2, -0.15) is 5.10 Å². The molecule has 0 fully saturated rings. The van der Waals surface area contributed by atoms with Crippen molar-refractivity contribution in [1.82, 2.24) is 15.1 Å². The van der Waals surface area contributed by atoms with Crippen LogP contribution in [-0.2, 0) is 4.79 Å². The average molecular weight is 239 g/mol. The Balaban J connectivity index is 3.12. The Kier molecular flexibility index (Phi) is 3.88. The molecule has 1 rings (SSSR count). The molecule has 1 aromatic rings. The lowest BCUT2D eigenvalue weighted by Gasteiger charge is -2.13. The minimum Gasteiger partial charge on any atom is -0.478 e. The van der Waals surface area contributed by atoms with Gasteiger partial charge in [0.15, 0.2) is 0 Å². The van der Waals surface area contributed by atoms with Crippen molar-refractivity contribution < 1.29 is 14.7 Å². The number of hydrogen-bond acceptors (Lipinski definition) is 3. The number of nitrogens with zero attached hydrogens (tertiary/aromatic N) is 2. The lowest BCUT2D eigenvalue weighted by molar-refractivity contribution is -0.124. The van der Waals surface area contributed by atoms with Crippen LogP contribution in [0.25, 0.3) is 0 Å².